The number of hydrogen-bond acceptors (Lipinski definition) is 3. The summed E-state index contributed by atoms with van der Waals surface area (Å²) in [6.45, 7) is 6.37. The van der Waals surface area contributed by atoms with Crippen molar-refractivity contribution in [3.63, 3.8) is 0 Å². The maximum atomic E-state index is 10.1. The number of hydrogen-bond donors (Lipinski definition) is 3. The Balaban J connectivity index is 1.47. The molecule has 0 spiro atoms. The molecule has 3 N–H and O–H groups in total. The van der Waals surface area contributed by atoms with E-state index in [0.717, 1.165) is 12.8 Å². The Morgan fingerprint density at radius 2 is 1.80 bits per heavy atom. The molecule has 0 aromatic carbocycles. The molecule has 3 fully saturated rings. The standard InChI is InChI=1S/C27H42O3/c1-25(2,30)11-5-13-27(14-15-27)24-10-9-23-20(6-4-12-26(23,24)3)8-7-19-16-21(28)18-22(29)17-19/h7-8,10,21-23,28-30H,4-6,9,11-18H2,1-3H3/b19-7-,20-8+/t21?,22-,23?,26+/m1/s1. The van der Waals surface area contributed by atoms with E-state index in [2.05, 4.69) is 25.2 Å². The quantitative estimate of drug-likeness (QED) is 0.496. The van der Waals surface area contributed by atoms with Crippen molar-refractivity contribution in [3.05, 3.63) is 34.9 Å². The lowest BCUT2D eigenvalue weighted by Gasteiger charge is -2.43. The SMILES string of the molecule is CC(C)(O)CCCC1(C2=CCC3/C(=C/C=C4/CC(O)C[C@H](O)C4)CCC[C@]23C)CC1. The molecule has 4 atom stereocenters. The van der Waals surface area contributed by atoms with Crippen LogP contribution < -0.4 is 0 Å². The van der Waals surface area contributed by atoms with Gasteiger partial charge in [-0.1, -0.05) is 41.9 Å². The van der Waals surface area contributed by atoms with Gasteiger partial charge in [0.15, 0.2) is 0 Å². The predicted octanol–water partition coefficient (Wildman–Crippen LogP) is 5.60. The van der Waals surface area contributed by atoms with Gasteiger partial charge in [0.2, 0.25) is 0 Å². The van der Waals surface area contributed by atoms with Crippen LogP contribution in [-0.4, -0.2) is 33.1 Å². The summed E-state index contributed by atoms with van der Waals surface area (Å²) in [6.07, 6.45) is 19.0. The van der Waals surface area contributed by atoms with Gasteiger partial charge >= 0.3 is 0 Å². The summed E-state index contributed by atoms with van der Waals surface area (Å²) in [5.41, 5.74) is 4.65. The van der Waals surface area contributed by atoms with Crippen LogP contribution in [0.25, 0.3) is 0 Å². The second kappa shape index (κ2) is 8.22. The molecule has 0 amide bonds. The minimum Gasteiger partial charge on any atom is -0.393 e. The van der Waals surface area contributed by atoms with Crippen LogP contribution in [0.1, 0.15) is 97.8 Å². The van der Waals surface area contributed by atoms with Gasteiger partial charge in [-0.15, -0.1) is 0 Å². The lowest BCUT2D eigenvalue weighted by molar-refractivity contribution is 0.0608. The van der Waals surface area contributed by atoms with Crippen LogP contribution in [-0.2, 0) is 0 Å². The summed E-state index contributed by atoms with van der Waals surface area (Å²) in [5, 5.41) is 30.1. The Labute approximate surface area is 183 Å². The molecule has 30 heavy (non-hydrogen) atoms. The van der Waals surface area contributed by atoms with Gasteiger partial charge in [-0.3, -0.25) is 0 Å². The van der Waals surface area contributed by atoms with Gasteiger partial charge in [0, 0.05) is 0 Å². The molecule has 0 aromatic rings. The van der Waals surface area contributed by atoms with Gasteiger partial charge in [-0.25, -0.2) is 0 Å². The minimum absolute atomic E-state index is 0.291. The Hall–Kier alpha value is -0.900. The average Bonchev–Trinajstić information content (AvgIpc) is 3.31. The monoisotopic (exact) mass is 414 g/mol. The van der Waals surface area contributed by atoms with E-state index in [0.29, 0.717) is 36.0 Å². The maximum Gasteiger partial charge on any atom is 0.0602 e. The third-order valence-electron chi connectivity index (χ3n) is 8.49. The topological polar surface area (TPSA) is 60.7 Å². The first kappa shape index (κ1) is 22.3. The first-order chi connectivity index (χ1) is 14.1. The molecule has 2 unspecified atom stereocenters. The number of aliphatic hydroxyl groups is 3. The fourth-order valence-electron chi connectivity index (χ4n) is 6.84. The molecule has 0 bridgehead atoms. The zero-order valence-corrected chi connectivity index (χ0v) is 19.3. The fourth-order valence-corrected chi connectivity index (χ4v) is 6.84. The van der Waals surface area contributed by atoms with Crippen LogP contribution in [0.3, 0.4) is 0 Å². The Morgan fingerprint density at radius 3 is 2.43 bits per heavy atom. The highest BCUT2D eigenvalue weighted by atomic mass is 16.3. The Bertz CT molecular complexity index is 722. The molecule has 0 radical (unpaired) electrons. The summed E-state index contributed by atoms with van der Waals surface area (Å²) in [6, 6.07) is 0. The van der Waals surface area contributed by atoms with Crippen molar-refractivity contribution >= 4 is 0 Å². The average molecular weight is 415 g/mol. The zero-order chi connectivity index (χ0) is 21.6. The van der Waals surface area contributed by atoms with E-state index in [-0.39, 0.29) is 0 Å². The molecule has 0 aromatic heterocycles. The molecular formula is C27H42O3. The van der Waals surface area contributed by atoms with E-state index in [9.17, 15) is 15.3 Å². The molecular weight excluding hydrogens is 372 g/mol. The molecule has 4 aliphatic carbocycles. The summed E-state index contributed by atoms with van der Waals surface area (Å²) in [4.78, 5) is 0. The van der Waals surface area contributed by atoms with E-state index >= 15 is 0 Å². The third-order valence-corrected chi connectivity index (χ3v) is 8.49. The molecule has 0 heterocycles. The minimum atomic E-state index is -0.554. The fraction of sp³-hybridized carbons (Fsp3) is 0.778. The van der Waals surface area contributed by atoms with Crippen LogP contribution in [0.15, 0.2) is 34.9 Å². The highest BCUT2D eigenvalue weighted by Gasteiger charge is 2.56. The Morgan fingerprint density at radius 1 is 1.10 bits per heavy atom. The highest BCUT2D eigenvalue weighted by molar-refractivity contribution is 5.39. The van der Waals surface area contributed by atoms with E-state index in [4.69, 9.17) is 0 Å². The van der Waals surface area contributed by atoms with Crippen molar-refractivity contribution < 1.29 is 15.3 Å². The molecule has 3 heteroatoms. The molecule has 168 valence electrons. The molecule has 3 saturated carbocycles. The van der Waals surface area contributed by atoms with Crippen LogP contribution in [0.4, 0.5) is 0 Å². The van der Waals surface area contributed by atoms with Crippen molar-refractivity contribution in [2.24, 2.45) is 16.7 Å². The van der Waals surface area contributed by atoms with Gasteiger partial charge in [-0.2, -0.15) is 0 Å². The van der Waals surface area contributed by atoms with Crippen LogP contribution >= 0.6 is 0 Å². The Kier molecular flexibility index (Phi) is 6.11. The second-order valence-electron chi connectivity index (χ2n) is 11.6. The second-order valence-corrected chi connectivity index (χ2v) is 11.6. The first-order valence-electron chi connectivity index (χ1n) is 12.3. The molecule has 0 saturated heterocycles. The molecule has 4 rings (SSSR count). The van der Waals surface area contributed by atoms with Gasteiger partial charge in [0.05, 0.1) is 17.8 Å². The van der Waals surface area contributed by atoms with Crippen molar-refractivity contribution in [2.45, 2.75) is 116 Å². The van der Waals surface area contributed by atoms with Crippen molar-refractivity contribution in [1.82, 2.24) is 0 Å². The molecule has 4 aliphatic rings. The van der Waals surface area contributed by atoms with E-state index in [1.165, 1.54) is 50.5 Å². The summed E-state index contributed by atoms with van der Waals surface area (Å²) in [5.74, 6) is 0.614. The predicted molar refractivity (Wildman–Crippen MR) is 122 cm³/mol. The van der Waals surface area contributed by atoms with Crippen molar-refractivity contribution in [1.29, 1.82) is 0 Å². The van der Waals surface area contributed by atoms with Gasteiger partial charge in [-0.05, 0) is 108 Å². The highest BCUT2D eigenvalue weighted by Crippen LogP contribution is 2.67. The normalized spacial score (nSPS) is 38.6. The smallest absolute Gasteiger partial charge is 0.0602 e. The molecule has 0 aliphatic heterocycles. The van der Waals surface area contributed by atoms with Crippen LogP contribution in [0.2, 0.25) is 0 Å². The van der Waals surface area contributed by atoms with E-state index in [1.54, 1.807) is 11.1 Å². The summed E-state index contributed by atoms with van der Waals surface area (Å²) >= 11 is 0. The third kappa shape index (κ3) is 4.64. The number of rotatable bonds is 6. The lowest BCUT2D eigenvalue weighted by Crippen LogP contribution is -2.33. The van der Waals surface area contributed by atoms with Crippen LogP contribution in [0.5, 0.6) is 0 Å². The van der Waals surface area contributed by atoms with Crippen molar-refractivity contribution in [2.75, 3.05) is 0 Å². The van der Waals surface area contributed by atoms with Gasteiger partial charge in [0.25, 0.3) is 0 Å². The maximum absolute atomic E-state index is 10.1. The number of fused-ring (bicyclic) bond motifs is 1. The van der Waals surface area contributed by atoms with Gasteiger partial charge < -0.3 is 15.3 Å². The summed E-state index contributed by atoms with van der Waals surface area (Å²) in [7, 11) is 0. The first-order valence-corrected chi connectivity index (χ1v) is 12.3. The lowest BCUT2D eigenvalue weighted by atomic mass is 9.61. The van der Waals surface area contributed by atoms with Gasteiger partial charge in [0.1, 0.15) is 0 Å². The van der Waals surface area contributed by atoms with Crippen LogP contribution in [0, 0.1) is 16.7 Å². The molecule has 3 nitrogen and oxygen atoms in total. The van der Waals surface area contributed by atoms with E-state index < -0.39 is 17.8 Å². The largest absolute Gasteiger partial charge is 0.393 e. The number of aliphatic hydroxyl groups excluding tert-OH is 2. The summed E-state index contributed by atoms with van der Waals surface area (Å²) < 4.78 is 0. The number of allylic oxidation sites excluding steroid dienone is 5. The van der Waals surface area contributed by atoms with E-state index in [1.807, 2.05) is 13.8 Å². The van der Waals surface area contributed by atoms with Crippen molar-refractivity contribution in [3.8, 4) is 0 Å². The zero-order valence-electron chi connectivity index (χ0n) is 19.3.